The summed E-state index contributed by atoms with van der Waals surface area (Å²) in [6.07, 6.45) is 0. The average Bonchev–Trinajstić information content (AvgIpc) is 2.45. The maximum atomic E-state index is 11.9. The first-order chi connectivity index (χ1) is 10.5. The number of ether oxygens (including phenoxy) is 1. The third-order valence-electron chi connectivity index (χ3n) is 2.65. The van der Waals surface area contributed by atoms with Gasteiger partial charge < -0.3 is 15.2 Å². The number of carbonyl (C=O) groups is 2. The first-order valence-corrected chi connectivity index (χ1v) is 7.62. The summed E-state index contributed by atoms with van der Waals surface area (Å²) in [7, 11) is 0. The first kappa shape index (κ1) is 16.6. The Morgan fingerprint density at radius 2 is 2.00 bits per heavy atom. The molecule has 0 aliphatic carbocycles. The van der Waals surface area contributed by atoms with E-state index in [1.165, 1.54) is 18.2 Å². The molecule has 2 aromatic rings. The fourth-order valence-corrected chi connectivity index (χ4v) is 2.38. The third kappa shape index (κ3) is 4.60. The van der Waals surface area contributed by atoms with Crippen molar-refractivity contribution in [3.63, 3.8) is 0 Å². The molecule has 0 atom stereocenters. The molecule has 0 heterocycles. The number of rotatable bonds is 5. The zero-order chi connectivity index (χ0) is 16.1. The van der Waals surface area contributed by atoms with Crippen molar-refractivity contribution in [2.24, 2.45) is 0 Å². The van der Waals surface area contributed by atoms with Crippen LogP contribution in [0, 0.1) is 3.57 Å². The Balaban J connectivity index is 2.03. The summed E-state index contributed by atoms with van der Waals surface area (Å²) in [6, 6.07) is 11.4. The van der Waals surface area contributed by atoms with Gasteiger partial charge in [-0.15, -0.1) is 0 Å². The minimum Gasteiger partial charge on any atom is -0.484 e. The second-order valence-electron chi connectivity index (χ2n) is 4.29. The minimum atomic E-state index is -1.15. The molecular formula is C15H11ClINO4. The Morgan fingerprint density at radius 1 is 1.23 bits per heavy atom. The van der Waals surface area contributed by atoms with Crippen LogP contribution < -0.4 is 10.1 Å². The molecule has 0 aliphatic heterocycles. The molecule has 1 amide bonds. The van der Waals surface area contributed by atoms with Gasteiger partial charge in [0, 0.05) is 8.59 Å². The molecular weight excluding hydrogens is 421 g/mol. The molecule has 2 N–H and O–H groups in total. The van der Waals surface area contributed by atoms with Crippen LogP contribution in [0.15, 0.2) is 42.5 Å². The van der Waals surface area contributed by atoms with Gasteiger partial charge in [0.15, 0.2) is 6.61 Å². The van der Waals surface area contributed by atoms with E-state index < -0.39 is 11.9 Å². The molecule has 0 fully saturated rings. The Kier molecular flexibility index (Phi) is 5.62. The van der Waals surface area contributed by atoms with E-state index in [0.717, 1.165) is 3.57 Å². The van der Waals surface area contributed by atoms with Crippen LogP contribution in [0.25, 0.3) is 0 Å². The van der Waals surface area contributed by atoms with Crippen molar-refractivity contribution in [1.29, 1.82) is 0 Å². The van der Waals surface area contributed by atoms with Gasteiger partial charge >= 0.3 is 5.97 Å². The molecule has 0 spiro atoms. The fraction of sp³-hybridized carbons (Fsp3) is 0.0667. The van der Waals surface area contributed by atoms with E-state index in [1.54, 1.807) is 12.1 Å². The van der Waals surface area contributed by atoms with E-state index in [4.69, 9.17) is 21.4 Å². The monoisotopic (exact) mass is 431 g/mol. The molecule has 0 aromatic heterocycles. The van der Waals surface area contributed by atoms with E-state index in [1.807, 2.05) is 12.1 Å². The van der Waals surface area contributed by atoms with Crippen LogP contribution in [0.5, 0.6) is 5.75 Å². The fourth-order valence-electron chi connectivity index (χ4n) is 1.70. The number of carboxylic acid groups (broad SMARTS) is 1. The van der Waals surface area contributed by atoms with Gasteiger partial charge in [-0.2, -0.15) is 0 Å². The van der Waals surface area contributed by atoms with Crippen molar-refractivity contribution in [3.8, 4) is 5.75 Å². The number of hydrogen-bond donors (Lipinski definition) is 2. The zero-order valence-electron chi connectivity index (χ0n) is 11.2. The average molecular weight is 432 g/mol. The molecule has 0 radical (unpaired) electrons. The van der Waals surface area contributed by atoms with Crippen molar-refractivity contribution in [2.75, 3.05) is 11.9 Å². The SMILES string of the molecule is O=C(COc1cccc(I)c1)Nc1cc(Cl)ccc1C(=O)O. The number of carbonyl (C=O) groups excluding carboxylic acids is 1. The standard InChI is InChI=1S/C15H11ClINO4/c16-9-4-5-12(15(20)21)13(6-9)18-14(19)8-22-11-3-1-2-10(17)7-11/h1-7H,8H2,(H,18,19)(H,20,21). The van der Waals surface area contributed by atoms with E-state index in [9.17, 15) is 9.59 Å². The number of aromatic carboxylic acids is 1. The number of hydrogen-bond acceptors (Lipinski definition) is 3. The number of halogens is 2. The normalized spacial score (nSPS) is 10.1. The summed E-state index contributed by atoms with van der Waals surface area (Å²) in [5.41, 5.74) is 0.100. The second kappa shape index (κ2) is 7.46. The summed E-state index contributed by atoms with van der Waals surface area (Å²) >= 11 is 7.95. The second-order valence-corrected chi connectivity index (χ2v) is 5.97. The third-order valence-corrected chi connectivity index (χ3v) is 3.56. The van der Waals surface area contributed by atoms with E-state index in [2.05, 4.69) is 27.9 Å². The smallest absolute Gasteiger partial charge is 0.337 e. The quantitative estimate of drug-likeness (QED) is 0.709. The van der Waals surface area contributed by atoms with Crippen molar-refractivity contribution < 1.29 is 19.4 Å². The van der Waals surface area contributed by atoms with Crippen LogP contribution in [-0.4, -0.2) is 23.6 Å². The van der Waals surface area contributed by atoms with Crippen molar-refractivity contribution >= 4 is 51.8 Å². The molecule has 0 unspecified atom stereocenters. The van der Waals surface area contributed by atoms with Gasteiger partial charge in [0.25, 0.3) is 5.91 Å². The van der Waals surface area contributed by atoms with Crippen LogP contribution >= 0.6 is 34.2 Å². The highest BCUT2D eigenvalue weighted by molar-refractivity contribution is 14.1. The van der Waals surface area contributed by atoms with Gasteiger partial charge in [-0.3, -0.25) is 4.79 Å². The summed E-state index contributed by atoms with van der Waals surface area (Å²) in [4.78, 5) is 23.0. The largest absolute Gasteiger partial charge is 0.484 e. The summed E-state index contributed by atoms with van der Waals surface area (Å²) in [6.45, 7) is -0.230. The van der Waals surface area contributed by atoms with Gasteiger partial charge in [-0.05, 0) is 59.0 Å². The van der Waals surface area contributed by atoms with Crippen LogP contribution in [0.3, 0.4) is 0 Å². The predicted molar refractivity (Wildman–Crippen MR) is 91.7 cm³/mol. The Bertz CT molecular complexity index is 720. The highest BCUT2D eigenvalue weighted by Gasteiger charge is 2.13. The van der Waals surface area contributed by atoms with Crippen molar-refractivity contribution in [2.45, 2.75) is 0 Å². The molecule has 5 nitrogen and oxygen atoms in total. The number of benzene rings is 2. The van der Waals surface area contributed by atoms with Crippen molar-refractivity contribution in [1.82, 2.24) is 0 Å². The molecule has 7 heteroatoms. The van der Waals surface area contributed by atoms with E-state index in [-0.39, 0.29) is 17.9 Å². The zero-order valence-corrected chi connectivity index (χ0v) is 14.1. The molecule has 22 heavy (non-hydrogen) atoms. The highest BCUT2D eigenvalue weighted by atomic mass is 127. The molecule has 2 aromatic carbocycles. The van der Waals surface area contributed by atoms with E-state index >= 15 is 0 Å². The van der Waals surface area contributed by atoms with Gasteiger partial charge in [-0.1, -0.05) is 17.7 Å². The van der Waals surface area contributed by atoms with Crippen LogP contribution in [0.4, 0.5) is 5.69 Å². The maximum absolute atomic E-state index is 11.9. The lowest BCUT2D eigenvalue weighted by Gasteiger charge is -2.10. The lowest BCUT2D eigenvalue weighted by molar-refractivity contribution is -0.118. The highest BCUT2D eigenvalue weighted by Crippen LogP contribution is 2.21. The number of anilines is 1. The lowest BCUT2D eigenvalue weighted by Crippen LogP contribution is -2.21. The van der Waals surface area contributed by atoms with Crippen molar-refractivity contribution in [3.05, 3.63) is 56.6 Å². The van der Waals surface area contributed by atoms with E-state index in [0.29, 0.717) is 10.8 Å². The number of nitrogens with one attached hydrogen (secondary N) is 1. The van der Waals surface area contributed by atoms with Crippen LogP contribution in [0.2, 0.25) is 5.02 Å². The summed E-state index contributed by atoms with van der Waals surface area (Å²) in [5, 5.41) is 11.9. The van der Waals surface area contributed by atoms with Gasteiger partial charge in [-0.25, -0.2) is 4.79 Å². The van der Waals surface area contributed by atoms with Crippen LogP contribution in [-0.2, 0) is 4.79 Å². The van der Waals surface area contributed by atoms with Gasteiger partial charge in [0.05, 0.1) is 11.3 Å². The lowest BCUT2D eigenvalue weighted by atomic mass is 10.2. The van der Waals surface area contributed by atoms with Gasteiger partial charge in [0.2, 0.25) is 0 Å². The first-order valence-electron chi connectivity index (χ1n) is 6.17. The Hall–Kier alpha value is -1.80. The molecule has 0 saturated heterocycles. The van der Waals surface area contributed by atoms with Crippen LogP contribution in [0.1, 0.15) is 10.4 Å². The maximum Gasteiger partial charge on any atom is 0.337 e. The summed E-state index contributed by atoms with van der Waals surface area (Å²) < 4.78 is 6.34. The molecule has 0 saturated carbocycles. The predicted octanol–water partition coefficient (Wildman–Crippen LogP) is 3.66. The molecule has 2 rings (SSSR count). The number of amides is 1. The molecule has 0 bridgehead atoms. The Labute approximate surface area is 145 Å². The minimum absolute atomic E-state index is 0.0352. The molecule has 114 valence electrons. The van der Waals surface area contributed by atoms with Gasteiger partial charge in [0.1, 0.15) is 5.75 Å². The summed E-state index contributed by atoms with van der Waals surface area (Å²) in [5.74, 6) is -1.05. The topological polar surface area (TPSA) is 75.6 Å². The molecule has 0 aliphatic rings. The number of carboxylic acids is 1. The Morgan fingerprint density at radius 3 is 2.68 bits per heavy atom.